The molecule has 0 aliphatic heterocycles. The van der Waals surface area contributed by atoms with Crippen LogP contribution in [0, 0.1) is 11.6 Å². The molecule has 0 spiro atoms. The molecule has 0 fully saturated rings. The van der Waals surface area contributed by atoms with E-state index in [1.165, 1.54) is 12.3 Å². The summed E-state index contributed by atoms with van der Waals surface area (Å²) in [6, 6.07) is 7.18. The van der Waals surface area contributed by atoms with Crippen molar-refractivity contribution in [3.05, 3.63) is 59.7 Å². The van der Waals surface area contributed by atoms with E-state index in [0.29, 0.717) is 29.6 Å². The van der Waals surface area contributed by atoms with Crippen LogP contribution in [0.15, 0.2) is 45.4 Å². The summed E-state index contributed by atoms with van der Waals surface area (Å²) >= 11 is 0. The van der Waals surface area contributed by atoms with Crippen molar-refractivity contribution in [2.24, 2.45) is 0 Å². The molecule has 0 saturated heterocycles. The molecular formula is C16H15F2N3O2. The lowest BCUT2D eigenvalue weighted by atomic mass is 10.1. The molecule has 2 aromatic heterocycles. The molecule has 7 heteroatoms. The molecule has 1 aromatic carbocycles. The van der Waals surface area contributed by atoms with E-state index in [2.05, 4.69) is 10.2 Å². The minimum absolute atomic E-state index is 0.149. The van der Waals surface area contributed by atoms with Crippen LogP contribution in [0.4, 0.5) is 8.78 Å². The van der Waals surface area contributed by atoms with Crippen molar-refractivity contribution in [2.75, 3.05) is 7.05 Å². The number of rotatable bonds is 5. The second-order valence-electron chi connectivity index (χ2n) is 5.24. The van der Waals surface area contributed by atoms with Gasteiger partial charge in [-0.1, -0.05) is 6.07 Å². The molecule has 3 aromatic rings. The third-order valence-electron chi connectivity index (χ3n) is 3.67. The SMILES string of the molecule is CC(c1ccc(F)c(F)c1)N(C)Cc1nnc(-c2ccco2)o1. The molecule has 1 unspecified atom stereocenters. The standard InChI is InChI=1S/C16H15F2N3O2/c1-10(11-5-6-12(17)13(18)8-11)21(2)9-15-19-20-16(23-15)14-4-3-7-22-14/h3-8,10H,9H2,1-2H3. The number of hydrogen-bond donors (Lipinski definition) is 0. The fraction of sp³-hybridized carbons (Fsp3) is 0.250. The Morgan fingerprint density at radius 1 is 1.17 bits per heavy atom. The van der Waals surface area contributed by atoms with Crippen molar-refractivity contribution in [1.82, 2.24) is 15.1 Å². The highest BCUT2D eigenvalue weighted by Gasteiger charge is 2.18. The summed E-state index contributed by atoms with van der Waals surface area (Å²) < 4.78 is 37.1. The lowest BCUT2D eigenvalue weighted by Gasteiger charge is -2.23. The first kappa shape index (κ1) is 15.4. The van der Waals surface area contributed by atoms with Gasteiger partial charge < -0.3 is 8.83 Å². The monoisotopic (exact) mass is 319 g/mol. The van der Waals surface area contributed by atoms with Crippen molar-refractivity contribution in [1.29, 1.82) is 0 Å². The van der Waals surface area contributed by atoms with Crippen molar-refractivity contribution < 1.29 is 17.6 Å². The number of hydrogen-bond acceptors (Lipinski definition) is 5. The highest BCUT2D eigenvalue weighted by Crippen LogP contribution is 2.23. The van der Waals surface area contributed by atoms with E-state index in [1.54, 1.807) is 18.2 Å². The molecule has 0 bridgehead atoms. The summed E-state index contributed by atoms with van der Waals surface area (Å²) in [6.07, 6.45) is 1.52. The minimum Gasteiger partial charge on any atom is -0.459 e. The average molecular weight is 319 g/mol. The van der Waals surface area contributed by atoms with Gasteiger partial charge in [0.25, 0.3) is 5.89 Å². The van der Waals surface area contributed by atoms with Gasteiger partial charge >= 0.3 is 0 Å². The van der Waals surface area contributed by atoms with Gasteiger partial charge in [0, 0.05) is 6.04 Å². The zero-order valence-electron chi connectivity index (χ0n) is 12.7. The van der Waals surface area contributed by atoms with Crippen molar-refractivity contribution in [3.63, 3.8) is 0 Å². The van der Waals surface area contributed by atoms with E-state index < -0.39 is 11.6 Å². The highest BCUT2D eigenvalue weighted by atomic mass is 19.2. The summed E-state index contributed by atoms with van der Waals surface area (Å²) in [7, 11) is 1.84. The lowest BCUT2D eigenvalue weighted by Crippen LogP contribution is -2.22. The van der Waals surface area contributed by atoms with Gasteiger partial charge in [-0.3, -0.25) is 4.90 Å². The zero-order chi connectivity index (χ0) is 16.4. The third-order valence-corrected chi connectivity index (χ3v) is 3.67. The Morgan fingerprint density at radius 2 is 2.00 bits per heavy atom. The van der Waals surface area contributed by atoms with Gasteiger partial charge in [-0.2, -0.15) is 0 Å². The Bertz CT molecular complexity index is 786. The summed E-state index contributed by atoms with van der Waals surface area (Å²) in [4.78, 5) is 1.89. The van der Waals surface area contributed by atoms with Gasteiger partial charge in [-0.25, -0.2) is 8.78 Å². The molecule has 120 valence electrons. The largest absolute Gasteiger partial charge is 0.459 e. The van der Waals surface area contributed by atoms with Crippen molar-refractivity contribution >= 4 is 0 Å². The zero-order valence-corrected chi connectivity index (χ0v) is 12.7. The quantitative estimate of drug-likeness (QED) is 0.716. The molecular weight excluding hydrogens is 304 g/mol. The topological polar surface area (TPSA) is 55.3 Å². The van der Waals surface area contributed by atoms with Gasteiger partial charge in [-0.15, -0.1) is 10.2 Å². The van der Waals surface area contributed by atoms with Crippen LogP contribution in [0.3, 0.4) is 0 Å². The van der Waals surface area contributed by atoms with Gasteiger partial charge in [0.05, 0.1) is 12.8 Å². The van der Waals surface area contributed by atoms with Gasteiger partial charge in [0.1, 0.15) is 0 Å². The van der Waals surface area contributed by atoms with Crippen LogP contribution in [0.25, 0.3) is 11.7 Å². The Balaban J connectivity index is 1.71. The van der Waals surface area contributed by atoms with Crippen molar-refractivity contribution in [2.45, 2.75) is 19.5 Å². The van der Waals surface area contributed by atoms with Crippen LogP contribution in [-0.2, 0) is 6.54 Å². The van der Waals surface area contributed by atoms with E-state index >= 15 is 0 Å². The molecule has 0 saturated carbocycles. The van der Waals surface area contributed by atoms with Gasteiger partial charge in [0.2, 0.25) is 5.89 Å². The Labute approximate surface area is 131 Å². The molecule has 3 rings (SSSR count). The summed E-state index contributed by atoms with van der Waals surface area (Å²) in [6.45, 7) is 2.25. The maximum Gasteiger partial charge on any atom is 0.283 e. The smallest absolute Gasteiger partial charge is 0.283 e. The maximum absolute atomic E-state index is 13.3. The molecule has 0 N–H and O–H groups in total. The summed E-state index contributed by atoms with van der Waals surface area (Å²) in [5.41, 5.74) is 0.664. The van der Waals surface area contributed by atoms with E-state index in [4.69, 9.17) is 8.83 Å². The average Bonchev–Trinajstić information content (AvgIpc) is 3.20. The predicted molar refractivity (Wildman–Crippen MR) is 78.2 cm³/mol. The molecule has 23 heavy (non-hydrogen) atoms. The van der Waals surface area contributed by atoms with Crippen LogP contribution in [-0.4, -0.2) is 22.1 Å². The van der Waals surface area contributed by atoms with Crippen molar-refractivity contribution in [3.8, 4) is 11.7 Å². The number of nitrogens with zero attached hydrogens (tertiary/aromatic N) is 3. The van der Waals surface area contributed by atoms with Crippen LogP contribution in [0.2, 0.25) is 0 Å². The molecule has 0 radical (unpaired) electrons. The maximum atomic E-state index is 13.3. The number of halogens is 2. The first-order valence-electron chi connectivity index (χ1n) is 7.06. The number of benzene rings is 1. The van der Waals surface area contributed by atoms with Gasteiger partial charge in [-0.05, 0) is 43.8 Å². The van der Waals surface area contributed by atoms with E-state index in [-0.39, 0.29) is 6.04 Å². The third kappa shape index (κ3) is 3.29. The van der Waals surface area contributed by atoms with E-state index in [9.17, 15) is 8.78 Å². The number of furan rings is 1. The first-order valence-corrected chi connectivity index (χ1v) is 7.06. The summed E-state index contributed by atoms with van der Waals surface area (Å²) in [5, 5.41) is 7.89. The fourth-order valence-corrected chi connectivity index (χ4v) is 2.19. The van der Waals surface area contributed by atoms with Crippen LogP contribution < -0.4 is 0 Å². The normalized spacial score (nSPS) is 12.7. The molecule has 0 aliphatic rings. The highest BCUT2D eigenvalue weighted by molar-refractivity contribution is 5.42. The molecule has 0 amide bonds. The Morgan fingerprint density at radius 3 is 2.70 bits per heavy atom. The van der Waals surface area contributed by atoms with Gasteiger partial charge in [0.15, 0.2) is 17.4 Å². The van der Waals surface area contributed by atoms with Crippen LogP contribution >= 0.6 is 0 Å². The molecule has 0 aliphatic carbocycles. The Hall–Kier alpha value is -2.54. The first-order chi connectivity index (χ1) is 11.0. The van der Waals surface area contributed by atoms with Crippen LogP contribution in [0.1, 0.15) is 24.4 Å². The number of aromatic nitrogens is 2. The van der Waals surface area contributed by atoms with Crippen LogP contribution in [0.5, 0.6) is 0 Å². The minimum atomic E-state index is -0.861. The second kappa shape index (κ2) is 6.29. The fourth-order valence-electron chi connectivity index (χ4n) is 2.19. The molecule has 2 heterocycles. The second-order valence-corrected chi connectivity index (χ2v) is 5.24. The van der Waals surface area contributed by atoms with E-state index in [0.717, 1.165) is 6.07 Å². The summed E-state index contributed by atoms with van der Waals surface area (Å²) in [5.74, 6) is -0.503. The molecule has 5 nitrogen and oxygen atoms in total. The lowest BCUT2D eigenvalue weighted by molar-refractivity contribution is 0.227. The van der Waals surface area contributed by atoms with E-state index in [1.807, 2.05) is 18.9 Å². The predicted octanol–water partition coefficient (Wildman–Crippen LogP) is 3.80. The Kier molecular flexibility index (Phi) is 4.20. The molecule has 1 atom stereocenters.